The molecule has 0 amide bonds. The van der Waals surface area contributed by atoms with Gasteiger partial charge in [0.25, 0.3) is 5.56 Å². The van der Waals surface area contributed by atoms with Gasteiger partial charge >= 0.3 is 0 Å². The van der Waals surface area contributed by atoms with Gasteiger partial charge in [-0.1, -0.05) is 35.9 Å². The first-order valence-corrected chi connectivity index (χ1v) is 10.1. The maximum Gasteiger partial charge on any atom is 0.266 e. The van der Waals surface area contributed by atoms with E-state index in [4.69, 9.17) is 21.0 Å². The minimum Gasteiger partial charge on any atom is -0.467 e. The molecule has 0 radical (unpaired) electrons. The molecule has 0 unspecified atom stereocenters. The largest absolute Gasteiger partial charge is 0.467 e. The third-order valence-corrected chi connectivity index (χ3v) is 6.10. The van der Waals surface area contributed by atoms with Crippen molar-refractivity contribution < 1.29 is 4.42 Å². The number of hydrogen-bond donors (Lipinski definition) is 0. The maximum atomic E-state index is 13.5. The predicted molar refractivity (Wildman–Crippen MR) is 116 cm³/mol. The summed E-state index contributed by atoms with van der Waals surface area (Å²) in [5, 5.41) is 1.06. The van der Waals surface area contributed by atoms with Crippen LogP contribution in [0.5, 0.6) is 0 Å². The molecule has 0 bridgehead atoms. The highest BCUT2D eigenvalue weighted by Gasteiger charge is 2.19. The Hall–Kier alpha value is -3.22. The lowest BCUT2D eigenvalue weighted by atomic mass is 10.2. The number of fused-ring (bicyclic) bond motifs is 2. The number of nitrogens with zero attached hydrogens (tertiary/aromatic N) is 2. The van der Waals surface area contributed by atoms with E-state index in [9.17, 15) is 9.59 Å². The Labute approximate surface area is 173 Å². The molecule has 3 heterocycles. The Kier molecular flexibility index (Phi) is 4.30. The van der Waals surface area contributed by atoms with Crippen LogP contribution >= 0.6 is 22.9 Å². The number of benzene rings is 2. The van der Waals surface area contributed by atoms with Crippen LogP contribution in [0.25, 0.3) is 31.7 Å². The highest BCUT2D eigenvalue weighted by molar-refractivity contribution is 7.24. The smallest absolute Gasteiger partial charge is 0.266 e. The van der Waals surface area contributed by atoms with Crippen molar-refractivity contribution >= 4 is 43.2 Å². The van der Waals surface area contributed by atoms with Crippen molar-refractivity contribution in [1.82, 2.24) is 9.55 Å². The van der Waals surface area contributed by atoms with Gasteiger partial charge in [0.1, 0.15) is 21.8 Å². The summed E-state index contributed by atoms with van der Waals surface area (Å²) in [6.07, 6.45) is 1.54. The van der Waals surface area contributed by atoms with E-state index in [1.54, 1.807) is 42.7 Å². The Balaban J connectivity index is 1.91. The standard InChI is InChI=1S/C22H13ClN2O3S/c23-16-9-3-1-7-14(16)20-24-21-18(19(26)15-8-2-4-10-17(15)29-21)22(27)25(20)12-13-6-5-11-28-13/h1-11H,12H2. The van der Waals surface area contributed by atoms with E-state index in [0.29, 0.717) is 32.4 Å². The fourth-order valence-corrected chi connectivity index (χ4v) is 4.60. The zero-order valence-electron chi connectivity index (χ0n) is 15.0. The molecule has 0 fully saturated rings. The second-order valence-corrected chi connectivity index (χ2v) is 7.93. The number of furan rings is 1. The maximum absolute atomic E-state index is 13.5. The third kappa shape index (κ3) is 2.97. The van der Waals surface area contributed by atoms with Gasteiger partial charge in [-0.2, -0.15) is 0 Å². The van der Waals surface area contributed by atoms with Gasteiger partial charge in [0.05, 0.1) is 17.8 Å². The average molecular weight is 421 g/mol. The van der Waals surface area contributed by atoms with Crippen molar-refractivity contribution in [3.63, 3.8) is 0 Å². The highest BCUT2D eigenvalue weighted by Crippen LogP contribution is 2.29. The van der Waals surface area contributed by atoms with Crippen molar-refractivity contribution in [2.24, 2.45) is 0 Å². The molecule has 0 saturated carbocycles. The Morgan fingerprint density at radius 3 is 2.59 bits per heavy atom. The number of hydrogen-bond acceptors (Lipinski definition) is 5. The quantitative estimate of drug-likeness (QED) is 0.388. The number of aromatic nitrogens is 2. The molecule has 0 aliphatic carbocycles. The molecule has 0 spiro atoms. The van der Waals surface area contributed by atoms with Gasteiger partial charge in [-0.05, 0) is 36.4 Å². The Bertz CT molecular complexity index is 1490. The SMILES string of the molecule is O=c1c2ccccc2sc2nc(-c3ccccc3Cl)n(Cc3ccco3)c(=O)c12. The molecule has 2 aromatic carbocycles. The van der Waals surface area contributed by atoms with Crippen LogP contribution in [0.1, 0.15) is 5.76 Å². The van der Waals surface area contributed by atoms with Gasteiger partial charge in [0.2, 0.25) is 5.43 Å². The predicted octanol–water partition coefficient (Wildman–Crippen LogP) is 4.93. The van der Waals surface area contributed by atoms with Gasteiger partial charge in [-0.15, -0.1) is 11.3 Å². The molecular formula is C22H13ClN2O3S. The zero-order valence-corrected chi connectivity index (χ0v) is 16.5. The van der Waals surface area contributed by atoms with Crippen LogP contribution in [-0.2, 0) is 6.54 Å². The van der Waals surface area contributed by atoms with Gasteiger partial charge in [-0.3, -0.25) is 14.2 Å². The molecule has 5 nitrogen and oxygen atoms in total. The second kappa shape index (κ2) is 6.99. The normalized spacial score (nSPS) is 11.3. The molecule has 0 aliphatic heterocycles. The molecule has 0 atom stereocenters. The lowest BCUT2D eigenvalue weighted by molar-refractivity contribution is 0.490. The van der Waals surface area contributed by atoms with Crippen LogP contribution in [0.15, 0.2) is 80.9 Å². The average Bonchev–Trinajstić information content (AvgIpc) is 3.24. The first-order chi connectivity index (χ1) is 14.1. The highest BCUT2D eigenvalue weighted by atomic mass is 35.5. The van der Waals surface area contributed by atoms with Crippen molar-refractivity contribution in [2.75, 3.05) is 0 Å². The summed E-state index contributed by atoms with van der Waals surface area (Å²) in [6.45, 7) is 0.145. The monoisotopic (exact) mass is 420 g/mol. The number of halogens is 1. The van der Waals surface area contributed by atoms with Gasteiger partial charge in [0.15, 0.2) is 0 Å². The summed E-state index contributed by atoms with van der Waals surface area (Å²) in [7, 11) is 0. The van der Waals surface area contributed by atoms with Crippen molar-refractivity contribution in [3.05, 3.63) is 98.3 Å². The van der Waals surface area contributed by atoms with Gasteiger partial charge in [0, 0.05) is 15.6 Å². The Morgan fingerprint density at radius 1 is 1.00 bits per heavy atom. The second-order valence-electron chi connectivity index (χ2n) is 6.49. The fourth-order valence-electron chi connectivity index (χ4n) is 3.34. The van der Waals surface area contributed by atoms with Crippen LogP contribution in [0, 0.1) is 0 Å². The minimum absolute atomic E-state index is 0.0797. The van der Waals surface area contributed by atoms with Crippen molar-refractivity contribution in [2.45, 2.75) is 6.54 Å². The van der Waals surface area contributed by atoms with Gasteiger partial charge in [-0.25, -0.2) is 4.98 Å². The number of rotatable bonds is 3. The van der Waals surface area contributed by atoms with E-state index in [1.165, 1.54) is 15.9 Å². The lowest BCUT2D eigenvalue weighted by Crippen LogP contribution is -2.27. The van der Waals surface area contributed by atoms with E-state index in [1.807, 2.05) is 24.3 Å². The molecule has 142 valence electrons. The molecule has 29 heavy (non-hydrogen) atoms. The molecule has 0 aliphatic rings. The fraction of sp³-hybridized carbons (Fsp3) is 0.0455. The Morgan fingerprint density at radius 2 is 1.79 bits per heavy atom. The van der Waals surface area contributed by atoms with E-state index < -0.39 is 5.56 Å². The molecule has 3 aromatic heterocycles. The molecule has 0 saturated heterocycles. The lowest BCUT2D eigenvalue weighted by Gasteiger charge is -2.13. The summed E-state index contributed by atoms with van der Waals surface area (Å²) < 4.78 is 7.66. The summed E-state index contributed by atoms with van der Waals surface area (Å²) in [5.41, 5.74) is -0.105. The van der Waals surface area contributed by atoms with E-state index >= 15 is 0 Å². The molecule has 5 rings (SSSR count). The minimum atomic E-state index is -0.409. The van der Waals surface area contributed by atoms with E-state index in [-0.39, 0.29) is 17.4 Å². The van der Waals surface area contributed by atoms with Crippen LogP contribution < -0.4 is 11.0 Å². The van der Waals surface area contributed by atoms with Crippen LogP contribution in [0.2, 0.25) is 5.02 Å². The molecule has 0 N–H and O–H groups in total. The van der Waals surface area contributed by atoms with Crippen molar-refractivity contribution in [1.29, 1.82) is 0 Å². The zero-order chi connectivity index (χ0) is 20.0. The van der Waals surface area contributed by atoms with E-state index in [0.717, 1.165) is 4.70 Å². The molecule has 7 heteroatoms. The molecule has 5 aromatic rings. The third-order valence-electron chi connectivity index (χ3n) is 4.71. The topological polar surface area (TPSA) is 65.1 Å². The van der Waals surface area contributed by atoms with Crippen LogP contribution in [-0.4, -0.2) is 9.55 Å². The summed E-state index contributed by atoms with van der Waals surface area (Å²) in [4.78, 5) is 31.7. The first-order valence-electron chi connectivity index (χ1n) is 8.87. The summed E-state index contributed by atoms with van der Waals surface area (Å²) in [6, 6.07) is 17.9. The van der Waals surface area contributed by atoms with E-state index in [2.05, 4.69) is 0 Å². The summed E-state index contributed by atoms with van der Waals surface area (Å²) in [5.74, 6) is 0.980. The summed E-state index contributed by atoms with van der Waals surface area (Å²) >= 11 is 7.73. The van der Waals surface area contributed by atoms with Crippen LogP contribution in [0.4, 0.5) is 0 Å². The van der Waals surface area contributed by atoms with Crippen molar-refractivity contribution in [3.8, 4) is 11.4 Å². The first kappa shape index (κ1) is 17.8. The molecular weight excluding hydrogens is 408 g/mol. The van der Waals surface area contributed by atoms with Gasteiger partial charge < -0.3 is 4.42 Å². The van der Waals surface area contributed by atoms with Crippen LogP contribution in [0.3, 0.4) is 0 Å².